The first-order valence-corrected chi connectivity index (χ1v) is 11.9. The van der Waals surface area contributed by atoms with Crippen LogP contribution in [0.3, 0.4) is 0 Å². The van der Waals surface area contributed by atoms with Gasteiger partial charge in [-0.1, -0.05) is 91.0 Å². The molecule has 0 saturated heterocycles. The van der Waals surface area contributed by atoms with Crippen LogP contribution < -0.4 is 0 Å². The molecule has 3 atom stereocenters. The Morgan fingerprint density at radius 1 is 0.857 bits per heavy atom. The van der Waals surface area contributed by atoms with E-state index in [1.807, 2.05) is 54.6 Å². The van der Waals surface area contributed by atoms with E-state index in [-0.39, 0.29) is 6.04 Å². The monoisotopic (exact) mass is 469 g/mol. The molecule has 180 valence electrons. The van der Waals surface area contributed by atoms with Gasteiger partial charge in [-0.2, -0.15) is 0 Å². The molecule has 4 rings (SSSR count). The summed E-state index contributed by atoms with van der Waals surface area (Å²) >= 11 is 0. The first kappa shape index (κ1) is 24.4. The van der Waals surface area contributed by atoms with Crippen LogP contribution in [0, 0.1) is 5.92 Å². The fourth-order valence-electron chi connectivity index (χ4n) is 4.75. The molecule has 0 spiro atoms. The molecule has 0 amide bonds. The fraction of sp³-hybridized carbons (Fsp3) is 0.267. The van der Waals surface area contributed by atoms with E-state index in [0.717, 1.165) is 16.7 Å². The standard InChI is InChI=1S/C30H31NO4/c1-22-18-27(32)35-29(28(22)30(33)34-2)26(19-23-12-6-3-7-13-23)31(20-24-14-8-4-9-15-24)21-25-16-10-5-11-17-25/h3-18,26,28-29H,19-21H2,1-2H3/t26-,28+,29-/m0/s1. The second kappa shape index (κ2) is 11.6. The minimum Gasteiger partial charge on any atom is -0.468 e. The number of carbonyl (C=O) groups is 2. The topological polar surface area (TPSA) is 55.8 Å². The molecule has 0 aliphatic carbocycles. The minimum atomic E-state index is -0.687. The van der Waals surface area contributed by atoms with Crippen molar-refractivity contribution in [3.05, 3.63) is 119 Å². The average molecular weight is 470 g/mol. The lowest BCUT2D eigenvalue weighted by Gasteiger charge is -2.41. The largest absolute Gasteiger partial charge is 0.468 e. The van der Waals surface area contributed by atoms with Gasteiger partial charge in [-0.25, -0.2) is 4.79 Å². The van der Waals surface area contributed by atoms with Gasteiger partial charge in [-0.3, -0.25) is 9.69 Å². The third-order valence-corrected chi connectivity index (χ3v) is 6.46. The number of benzene rings is 3. The highest BCUT2D eigenvalue weighted by Gasteiger charge is 2.44. The lowest BCUT2D eigenvalue weighted by atomic mass is 9.84. The van der Waals surface area contributed by atoms with E-state index in [9.17, 15) is 9.59 Å². The van der Waals surface area contributed by atoms with Crippen molar-refractivity contribution in [3.63, 3.8) is 0 Å². The van der Waals surface area contributed by atoms with E-state index in [2.05, 4.69) is 41.3 Å². The normalized spacial score (nSPS) is 18.5. The van der Waals surface area contributed by atoms with Crippen LogP contribution in [0.5, 0.6) is 0 Å². The van der Waals surface area contributed by atoms with E-state index in [1.165, 1.54) is 13.2 Å². The maximum absolute atomic E-state index is 12.9. The summed E-state index contributed by atoms with van der Waals surface area (Å²) in [5.41, 5.74) is 4.06. The Balaban J connectivity index is 1.78. The molecule has 1 aliphatic heterocycles. The summed E-state index contributed by atoms with van der Waals surface area (Å²) in [6.45, 7) is 3.07. The van der Waals surface area contributed by atoms with Gasteiger partial charge < -0.3 is 9.47 Å². The van der Waals surface area contributed by atoms with Crippen LogP contribution in [0.25, 0.3) is 0 Å². The zero-order valence-corrected chi connectivity index (χ0v) is 20.2. The molecular formula is C30H31NO4. The van der Waals surface area contributed by atoms with Crippen molar-refractivity contribution >= 4 is 11.9 Å². The Bertz CT molecular complexity index is 1100. The van der Waals surface area contributed by atoms with E-state index in [0.29, 0.717) is 25.1 Å². The van der Waals surface area contributed by atoms with Gasteiger partial charge in [0.1, 0.15) is 12.0 Å². The van der Waals surface area contributed by atoms with Gasteiger partial charge in [0.25, 0.3) is 0 Å². The number of nitrogens with zero attached hydrogens (tertiary/aromatic N) is 1. The molecule has 0 bridgehead atoms. The quantitative estimate of drug-likeness (QED) is 0.415. The first-order valence-electron chi connectivity index (χ1n) is 11.9. The zero-order chi connectivity index (χ0) is 24.6. The van der Waals surface area contributed by atoms with Crippen molar-refractivity contribution in [1.82, 2.24) is 4.90 Å². The Kier molecular flexibility index (Phi) is 8.11. The molecule has 0 unspecified atom stereocenters. The zero-order valence-electron chi connectivity index (χ0n) is 20.2. The molecule has 3 aromatic rings. The summed E-state index contributed by atoms with van der Waals surface area (Å²) in [7, 11) is 1.38. The second-order valence-corrected chi connectivity index (χ2v) is 8.92. The summed E-state index contributed by atoms with van der Waals surface area (Å²) in [6.07, 6.45) is 1.32. The summed E-state index contributed by atoms with van der Waals surface area (Å²) < 4.78 is 11.1. The highest BCUT2D eigenvalue weighted by atomic mass is 16.6. The van der Waals surface area contributed by atoms with Gasteiger partial charge in [0.15, 0.2) is 0 Å². The van der Waals surface area contributed by atoms with Crippen molar-refractivity contribution in [1.29, 1.82) is 0 Å². The molecule has 3 aromatic carbocycles. The maximum atomic E-state index is 12.9. The molecule has 35 heavy (non-hydrogen) atoms. The smallest absolute Gasteiger partial charge is 0.331 e. The minimum absolute atomic E-state index is 0.269. The number of cyclic esters (lactones) is 1. The SMILES string of the molecule is COC(=O)[C@@H]1C(C)=CC(=O)O[C@H]1[C@H](Cc1ccccc1)N(Cc1ccccc1)Cc1ccccc1. The predicted molar refractivity (Wildman–Crippen MR) is 135 cm³/mol. The third-order valence-electron chi connectivity index (χ3n) is 6.46. The van der Waals surface area contributed by atoms with E-state index in [4.69, 9.17) is 9.47 Å². The summed E-state index contributed by atoms with van der Waals surface area (Å²) in [6, 6.07) is 30.3. The van der Waals surface area contributed by atoms with Crippen LogP contribution in [0.2, 0.25) is 0 Å². The van der Waals surface area contributed by atoms with Crippen LogP contribution in [-0.2, 0) is 38.6 Å². The third kappa shape index (κ3) is 6.25. The molecule has 0 fully saturated rings. The van der Waals surface area contributed by atoms with Gasteiger partial charge >= 0.3 is 11.9 Å². The van der Waals surface area contributed by atoms with Gasteiger partial charge in [-0.15, -0.1) is 0 Å². The Morgan fingerprint density at radius 2 is 1.34 bits per heavy atom. The fourth-order valence-corrected chi connectivity index (χ4v) is 4.75. The number of hydrogen-bond acceptors (Lipinski definition) is 5. The van der Waals surface area contributed by atoms with Gasteiger partial charge in [-0.05, 0) is 35.6 Å². The van der Waals surface area contributed by atoms with Crippen LogP contribution in [0.4, 0.5) is 0 Å². The number of carbonyl (C=O) groups excluding carboxylic acids is 2. The molecule has 1 heterocycles. The molecule has 1 aliphatic rings. The summed E-state index contributed by atoms with van der Waals surface area (Å²) in [5, 5.41) is 0. The number of methoxy groups -OCH3 is 1. The number of hydrogen-bond donors (Lipinski definition) is 0. The van der Waals surface area contributed by atoms with Crippen LogP contribution in [0.1, 0.15) is 23.6 Å². The Hall–Kier alpha value is -3.70. The average Bonchev–Trinajstić information content (AvgIpc) is 2.88. The summed E-state index contributed by atoms with van der Waals surface area (Å²) in [4.78, 5) is 27.8. The van der Waals surface area contributed by atoms with Crippen molar-refractivity contribution in [2.24, 2.45) is 5.92 Å². The van der Waals surface area contributed by atoms with Crippen molar-refractivity contribution in [2.75, 3.05) is 7.11 Å². The summed E-state index contributed by atoms with van der Waals surface area (Å²) in [5.74, 6) is -1.49. The Labute approximate surface area is 207 Å². The van der Waals surface area contributed by atoms with Crippen LogP contribution in [0.15, 0.2) is 103 Å². The number of rotatable bonds is 9. The highest BCUT2D eigenvalue weighted by molar-refractivity contribution is 5.88. The second-order valence-electron chi connectivity index (χ2n) is 8.92. The Morgan fingerprint density at radius 3 is 1.83 bits per heavy atom. The van der Waals surface area contributed by atoms with Crippen molar-refractivity contribution < 1.29 is 19.1 Å². The maximum Gasteiger partial charge on any atom is 0.331 e. The number of esters is 2. The van der Waals surface area contributed by atoms with E-state index >= 15 is 0 Å². The number of ether oxygens (including phenoxy) is 2. The molecule has 5 nitrogen and oxygen atoms in total. The molecule has 0 N–H and O–H groups in total. The van der Waals surface area contributed by atoms with Crippen molar-refractivity contribution in [2.45, 2.75) is 38.6 Å². The van der Waals surface area contributed by atoms with Gasteiger partial charge in [0.2, 0.25) is 0 Å². The lowest BCUT2D eigenvalue weighted by Crippen LogP contribution is -2.53. The van der Waals surface area contributed by atoms with Crippen LogP contribution >= 0.6 is 0 Å². The lowest BCUT2D eigenvalue weighted by molar-refractivity contribution is -0.162. The van der Waals surface area contributed by atoms with Crippen LogP contribution in [-0.4, -0.2) is 36.1 Å². The predicted octanol–water partition coefficient (Wildman–Crippen LogP) is 4.96. The molecular weight excluding hydrogens is 438 g/mol. The molecule has 0 aromatic heterocycles. The first-order chi connectivity index (χ1) is 17.0. The van der Waals surface area contributed by atoms with Gasteiger partial charge in [0.05, 0.1) is 13.2 Å². The van der Waals surface area contributed by atoms with E-state index < -0.39 is 24.0 Å². The molecule has 0 saturated carbocycles. The molecule has 0 radical (unpaired) electrons. The van der Waals surface area contributed by atoms with E-state index in [1.54, 1.807) is 6.92 Å². The highest BCUT2D eigenvalue weighted by Crippen LogP contribution is 2.32. The van der Waals surface area contributed by atoms with Gasteiger partial charge in [0, 0.05) is 19.2 Å². The van der Waals surface area contributed by atoms with Crippen molar-refractivity contribution in [3.8, 4) is 0 Å². The molecule has 5 heteroatoms.